The second kappa shape index (κ2) is 9.23. The zero-order chi connectivity index (χ0) is 20.0. The molecule has 7 heteroatoms. The van der Waals surface area contributed by atoms with E-state index in [0.29, 0.717) is 16.0 Å². The first-order valence-corrected chi connectivity index (χ1v) is 9.25. The molecule has 27 heavy (non-hydrogen) atoms. The van der Waals surface area contributed by atoms with Gasteiger partial charge in [-0.05, 0) is 36.8 Å². The fourth-order valence-electron chi connectivity index (χ4n) is 2.35. The van der Waals surface area contributed by atoms with Crippen molar-refractivity contribution in [3.05, 3.63) is 65.2 Å². The predicted octanol–water partition coefficient (Wildman–Crippen LogP) is 2.88. The second-order valence-corrected chi connectivity index (χ2v) is 7.56. The van der Waals surface area contributed by atoms with Gasteiger partial charge in [0.2, 0.25) is 0 Å². The summed E-state index contributed by atoms with van der Waals surface area (Å²) in [6.45, 7) is 1.84. The molecule has 2 N–H and O–H groups in total. The smallest absolute Gasteiger partial charge is 0.316 e. The molecule has 1 unspecified atom stereocenters. The molecule has 0 saturated carbocycles. The maximum atomic E-state index is 12.6. The third-order valence-corrected chi connectivity index (χ3v) is 4.98. The van der Waals surface area contributed by atoms with Crippen molar-refractivity contribution < 1.29 is 19.5 Å². The average molecular weight is 386 g/mol. The third-order valence-electron chi connectivity index (χ3n) is 3.82. The first kappa shape index (κ1) is 20.5. The van der Waals surface area contributed by atoms with E-state index in [0.717, 1.165) is 17.3 Å². The number of carbonyl (C=O) groups is 3. The van der Waals surface area contributed by atoms with Crippen LogP contribution in [-0.4, -0.2) is 47.1 Å². The maximum absolute atomic E-state index is 12.6. The van der Waals surface area contributed by atoms with E-state index in [9.17, 15) is 14.4 Å². The standard InChI is InChI=1S/C20H22N2O4S/c1-13(20(25)26)27-17-10-5-4-9-16(17)18(23)21-12-14-7-6-8-15(11-14)19(24)22(2)3/h4-11,13H,12H2,1-3H3,(H,21,23)(H,25,26). The second-order valence-electron chi connectivity index (χ2n) is 6.18. The molecule has 1 atom stereocenters. The molecule has 0 aliphatic carbocycles. The van der Waals surface area contributed by atoms with Crippen molar-refractivity contribution in [2.24, 2.45) is 0 Å². The summed E-state index contributed by atoms with van der Waals surface area (Å²) in [4.78, 5) is 37.8. The van der Waals surface area contributed by atoms with Crippen LogP contribution in [0.5, 0.6) is 0 Å². The lowest BCUT2D eigenvalue weighted by Crippen LogP contribution is -2.25. The Bertz CT molecular complexity index is 851. The Morgan fingerprint density at radius 3 is 2.48 bits per heavy atom. The summed E-state index contributed by atoms with van der Waals surface area (Å²) in [5, 5.41) is 11.3. The van der Waals surface area contributed by atoms with Crippen LogP contribution in [0.4, 0.5) is 0 Å². The molecule has 0 saturated heterocycles. The minimum Gasteiger partial charge on any atom is -0.480 e. The Morgan fingerprint density at radius 2 is 1.81 bits per heavy atom. The summed E-state index contributed by atoms with van der Waals surface area (Å²) >= 11 is 1.13. The molecule has 0 radical (unpaired) electrons. The summed E-state index contributed by atoms with van der Waals surface area (Å²) in [6.07, 6.45) is 0. The number of hydrogen-bond acceptors (Lipinski definition) is 4. The average Bonchev–Trinajstić information content (AvgIpc) is 2.66. The highest BCUT2D eigenvalue weighted by atomic mass is 32.2. The molecule has 0 aliphatic rings. The van der Waals surface area contributed by atoms with Crippen LogP contribution in [0.3, 0.4) is 0 Å². The van der Waals surface area contributed by atoms with Crippen molar-refractivity contribution in [3.8, 4) is 0 Å². The van der Waals surface area contributed by atoms with E-state index in [1.54, 1.807) is 63.5 Å². The lowest BCUT2D eigenvalue weighted by atomic mass is 10.1. The monoisotopic (exact) mass is 386 g/mol. The Morgan fingerprint density at radius 1 is 1.11 bits per heavy atom. The number of nitrogens with one attached hydrogen (secondary N) is 1. The van der Waals surface area contributed by atoms with Crippen molar-refractivity contribution in [2.45, 2.75) is 23.6 Å². The van der Waals surface area contributed by atoms with E-state index in [2.05, 4.69) is 5.32 Å². The van der Waals surface area contributed by atoms with Gasteiger partial charge in [0, 0.05) is 31.1 Å². The zero-order valence-corrected chi connectivity index (χ0v) is 16.2. The largest absolute Gasteiger partial charge is 0.480 e. The van der Waals surface area contributed by atoms with E-state index in [1.165, 1.54) is 4.90 Å². The van der Waals surface area contributed by atoms with Crippen LogP contribution < -0.4 is 5.32 Å². The van der Waals surface area contributed by atoms with Gasteiger partial charge in [-0.2, -0.15) is 0 Å². The van der Waals surface area contributed by atoms with Gasteiger partial charge in [0.1, 0.15) is 5.25 Å². The van der Waals surface area contributed by atoms with E-state index in [1.807, 2.05) is 6.07 Å². The molecule has 2 amide bonds. The molecule has 2 aromatic rings. The fourth-order valence-corrected chi connectivity index (χ4v) is 3.27. The van der Waals surface area contributed by atoms with Crippen LogP contribution in [0.15, 0.2) is 53.4 Å². The topological polar surface area (TPSA) is 86.7 Å². The Balaban J connectivity index is 2.10. The normalized spacial score (nSPS) is 11.5. The lowest BCUT2D eigenvalue weighted by Gasteiger charge is -2.13. The minimum absolute atomic E-state index is 0.104. The van der Waals surface area contributed by atoms with Gasteiger partial charge in [0.05, 0.1) is 5.56 Å². The number of carboxylic acids is 1. The summed E-state index contributed by atoms with van der Waals surface area (Å²) in [7, 11) is 3.37. The lowest BCUT2D eigenvalue weighted by molar-refractivity contribution is -0.136. The first-order valence-electron chi connectivity index (χ1n) is 8.37. The Kier molecular flexibility index (Phi) is 7.01. The van der Waals surface area contributed by atoms with Crippen molar-refractivity contribution in [2.75, 3.05) is 14.1 Å². The van der Waals surface area contributed by atoms with Crippen LogP contribution in [0.2, 0.25) is 0 Å². The van der Waals surface area contributed by atoms with Crippen LogP contribution in [0, 0.1) is 0 Å². The van der Waals surface area contributed by atoms with Crippen LogP contribution >= 0.6 is 11.8 Å². The highest BCUT2D eigenvalue weighted by Gasteiger charge is 2.17. The van der Waals surface area contributed by atoms with Gasteiger partial charge in [-0.15, -0.1) is 11.8 Å². The van der Waals surface area contributed by atoms with Crippen molar-refractivity contribution in [3.63, 3.8) is 0 Å². The van der Waals surface area contributed by atoms with Crippen molar-refractivity contribution in [1.29, 1.82) is 0 Å². The Labute approximate surface area is 162 Å². The molecule has 0 spiro atoms. The molecule has 2 rings (SSSR count). The van der Waals surface area contributed by atoms with E-state index in [4.69, 9.17) is 5.11 Å². The zero-order valence-electron chi connectivity index (χ0n) is 15.4. The summed E-state index contributed by atoms with van der Waals surface area (Å²) in [5.41, 5.74) is 1.79. The predicted molar refractivity (Wildman–Crippen MR) is 105 cm³/mol. The van der Waals surface area contributed by atoms with Crippen molar-refractivity contribution in [1.82, 2.24) is 10.2 Å². The number of carbonyl (C=O) groups excluding carboxylic acids is 2. The number of benzene rings is 2. The molecule has 2 aromatic carbocycles. The fraction of sp³-hybridized carbons (Fsp3) is 0.250. The van der Waals surface area contributed by atoms with Crippen LogP contribution in [0.25, 0.3) is 0 Å². The molecule has 0 fully saturated rings. The highest BCUT2D eigenvalue weighted by molar-refractivity contribution is 8.00. The van der Waals surface area contributed by atoms with Gasteiger partial charge in [0.15, 0.2) is 0 Å². The number of nitrogens with zero attached hydrogens (tertiary/aromatic N) is 1. The number of hydrogen-bond donors (Lipinski definition) is 2. The Hall–Kier alpha value is -2.80. The van der Waals surface area contributed by atoms with Crippen molar-refractivity contribution >= 4 is 29.5 Å². The molecule has 0 bridgehead atoms. The quantitative estimate of drug-likeness (QED) is 0.715. The molecule has 6 nitrogen and oxygen atoms in total. The number of rotatable bonds is 7. The van der Waals surface area contributed by atoms with E-state index in [-0.39, 0.29) is 18.4 Å². The number of amides is 2. The van der Waals surface area contributed by atoms with Crippen LogP contribution in [0.1, 0.15) is 33.2 Å². The SMILES string of the molecule is CC(Sc1ccccc1C(=O)NCc1cccc(C(=O)N(C)C)c1)C(=O)O. The van der Waals surface area contributed by atoms with Gasteiger partial charge in [-0.25, -0.2) is 0 Å². The van der Waals surface area contributed by atoms with Crippen LogP contribution in [-0.2, 0) is 11.3 Å². The number of carboxylic acid groups (broad SMARTS) is 1. The molecular weight excluding hydrogens is 364 g/mol. The van der Waals surface area contributed by atoms with Gasteiger partial charge in [-0.3, -0.25) is 14.4 Å². The first-order chi connectivity index (χ1) is 12.8. The molecular formula is C20H22N2O4S. The van der Waals surface area contributed by atoms with Gasteiger partial charge < -0.3 is 15.3 Å². The molecule has 0 aromatic heterocycles. The summed E-state index contributed by atoms with van der Waals surface area (Å²) < 4.78 is 0. The molecule has 0 aliphatic heterocycles. The van der Waals surface area contributed by atoms with Gasteiger partial charge >= 0.3 is 5.97 Å². The summed E-state index contributed by atoms with van der Waals surface area (Å²) in [6, 6.07) is 14.0. The van der Waals surface area contributed by atoms with Gasteiger partial charge in [-0.1, -0.05) is 24.3 Å². The van der Waals surface area contributed by atoms with Gasteiger partial charge in [0.25, 0.3) is 11.8 Å². The van der Waals surface area contributed by atoms with E-state index >= 15 is 0 Å². The maximum Gasteiger partial charge on any atom is 0.316 e. The van der Waals surface area contributed by atoms with E-state index < -0.39 is 11.2 Å². The molecule has 0 heterocycles. The summed E-state index contributed by atoms with van der Waals surface area (Å²) in [5.74, 6) is -1.33. The number of aliphatic carboxylic acids is 1. The molecule has 142 valence electrons. The minimum atomic E-state index is -0.933. The highest BCUT2D eigenvalue weighted by Crippen LogP contribution is 2.27. The number of thioether (sulfide) groups is 1. The third kappa shape index (κ3) is 5.59.